The molecule has 5 rings (SSSR count). The Hall–Kier alpha value is -3.52. The van der Waals surface area contributed by atoms with Gasteiger partial charge in [-0.3, -0.25) is 14.7 Å². The lowest BCUT2D eigenvalue weighted by atomic mass is 9.93. The zero-order chi connectivity index (χ0) is 20.0. The topological polar surface area (TPSA) is 108 Å². The first-order valence-corrected chi connectivity index (χ1v) is 9.60. The van der Waals surface area contributed by atoms with Crippen LogP contribution in [0.15, 0.2) is 36.4 Å². The molecule has 0 atom stereocenters. The lowest BCUT2D eigenvalue weighted by molar-refractivity contribution is -0.107. The van der Waals surface area contributed by atoms with Crippen molar-refractivity contribution in [3.8, 4) is 11.1 Å². The van der Waals surface area contributed by atoms with E-state index in [4.69, 9.17) is 5.73 Å². The summed E-state index contributed by atoms with van der Waals surface area (Å²) >= 11 is 0. The molecule has 3 heterocycles. The van der Waals surface area contributed by atoms with Crippen LogP contribution in [-0.4, -0.2) is 40.6 Å². The Morgan fingerprint density at radius 1 is 1.07 bits per heavy atom. The molecule has 0 bridgehead atoms. The van der Waals surface area contributed by atoms with Crippen LogP contribution in [0.1, 0.15) is 27.6 Å². The molecule has 0 unspecified atom stereocenters. The molecule has 8 heteroatoms. The van der Waals surface area contributed by atoms with E-state index in [9.17, 15) is 9.59 Å². The summed E-state index contributed by atoms with van der Waals surface area (Å²) < 4.78 is 0. The lowest BCUT2D eigenvalue weighted by Gasteiger charge is -2.17. The van der Waals surface area contributed by atoms with Crippen molar-refractivity contribution >= 4 is 23.7 Å². The maximum absolute atomic E-state index is 13.0. The van der Waals surface area contributed by atoms with Gasteiger partial charge in [-0.2, -0.15) is 0 Å². The molecule has 0 fully saturated rings. The van der Waals surface area contributed by atoms with E-state index < -0.39 is 0 Å². The van der Waals surface area contributed by atoms with Gasteiger partial charge in [0.1, 0.15) is 5.82 Å². The Morgan fingerprint density at radius 3 is 2.45 bits per heavy atom. The average molecular weight is 388 g/mol. The number of hydrogen-bond acceptors (Lipinski definition) is 5. The number of amides is 2. The molecule has 0 aliphatic carbocycles. The number of fused-ring (bicyclic) bond motifs is 2. The summed E-state index contributed by atoms with van der Waals surface area (Å²) in [4.78, 5) is 31.9. The number of nitrogens with two attached hydrogens (primary N) is 1. The highest BCUT2D eigenvalue weighted by Gasteiger charge is 2.31. The van der Waals surface area contributed by atoms with Crippen molar-refractivity contribution in [2.75, 3.05) is 22.9 Å². The second-order valence-corrected chi connectivity index (χ2v) is 7.17. The molecular weight excluding hydrogens is 368 g/mol. The monoisotopic (exact) mass is 388 g/mol. The maximum atomic E-state index is 13.0. The number of H-pyrrole nitrogens is 1. The zero-order valence-corrected chi connectivity index (χ0v) is 15.8. The van der Waals surface area contributed by atoms with E-state index in [2.05, 4.69) is 27.3 Å². The largest absolute Gasteiger partial charge is 0.324 e. The molecule has 3 aromatic rings. The molecule has 0 saturated carbocycles. The van der Waals surface area contributed by atoms with Crippen LogP contribution in [0, 0.1) is 0 Å². The lowest BCUT2D eigenvalue weighted by Crippen LogP contribution is -2.29. The Labute approximate surface area is 167 Å². The third-order valence-corrected chi connectivity index (χ3v) is 5.67. The van der Waals surface area contributed by atoms with Crippen LogP contribution >= 0.6 is 0 Å². The molecule has 2 aromatic carbocycles. The van der Waals surface area contributed by atoms with E-state index in [0.29, 0.717) is 18.9 Å². The zero-order valence-electron chi connectivity index (χ0n) is 15.8. The van der Waals surface area contributed by atoms with E-state index in [1.165, 1.54) is 5.56 Å². The van der Waals surface area contributed by atoms with Gasteiger partial charge in [-0.05, 0) is 47.2 Å². The van der Waals surface area contributed by atoms with Gasteiger partial charge in [0, 0.05) is 24.5 Å². The summed E-state index contributed by atoms with van der Waals surface area (Å²) in [5, 5.41) is 6.70. The van der Waals surface area contributed by atoms with Crippen molar-refractivity contribution in [1.82, 2.24) is 15.2 Å². The van der Waals surface area contributed by atoms with Crippen molar-refractivity contribution in [1.29, 1.82) is 0 Å². The molecule has 0 radical (unpaired) electrons. The first kappa shape index (κ1) is 17.6. The third kappa shape index (κ3) is 2.72. The molecule has 2 aliphatic rings. The highest BCUT2D eigenvalue weighted by Crippen LogP contribution is 2.41. The van der Waals surface area contributed by atoms with Gasteiger partial charge in [0.2, 0.25) is 12.2 Å². The minimum absolute atomic E-state index is 0.130. The number of nitrogens with zero attached hydrogens (tertiary/aromatic N) is 4. The predicted octanol–water partition coefficient (Wildman–Crippen LogP) is 1.65. The van der Waals surface area contributed by atoms with Crippen molar-refractivity contribution in [3.63, 3.8) is 0 Å². The van der Waals surface area contributed by atoms with Crippen LogP contribution in [0.5, 0.6) is 0 Å². The van der Waals surface area contributed by atoms with Crippen LogP contribution in [0.3, 0.4) is 0 Å². The van der Waals surface area contributed by atoms with Gasteiger partial charge in [-0.15, -0.1) is 5.10 Å². The number of carbonyl (C=O) groups is 2. The first-order chi connectivity index (χ1) is 14.2. The van der Waals surface area contributed by atoms with Gasteiger partial charge in [-0.1, -0.05) is 24.3 Å². The fraction of sp³-hybridized carbons (Fsp3) is 0.238. The number of anilines is 2. The summed E-state index contributed by atoms with van der Waals surface area (Å²) in [6.45, 7) is 1.48. The van der Waals surface area contributed by atoms with E-state index in [0.717, 1.165) is 47.3 Å². The average Bonchev–Trinajstić information content (AvgIpc) is 3.50. The van der Waals surface area contributed by atoms with Gasteiger partial charge < -0.3 is 15.5 Å². The van der Waals surface area contributed by atoms with Crippen molar-refractivity contribution in [2.24, 2.45) is 5.73 Å². The van der Waals surface area contributed by atoms with Crippen molar-refractivity contribution < 1.29 is 9.59 Å². The smallest absolute Gasteiger partial charge is 0.297 e. The number of aromatic amines is 1. The molecule has 3 N–H and O–H groups in total. The summed E-state index contributed by atoms with van der Waals surface area (Å²) in [5.74, 6) is 0.384. The number of nitrogens with one attached hydrogen (secondary N) is 1. The maximum Gasteiger partial charge on any atom is 0.297 e. The van der Waals surface area contributed by atoms with Gasteiger partial charge in [0.15, 0.2) is 0 Å². The Bertz CT molecular complexity index is 1120. The third-order valence-electron chi connectivity index (χ3n) is 5.67. The van der Waals surface area contributed by atoms with E-state index in [-0.39, 0.29) is 18.3 Å². The first-order valence-electron chi connectivity index (χ1n) is 9.60. The Kier molecular flexibility index (Phi) is 4.13. The molecular formula is C21H20N6O2. The van der Waals surface area contributed by atoms with Crippen LogP contribution in [-0.2, 0) is 24.2 Å². The highest BCUT2D eigenvalue weighted by molar-refractivity contribution is 6.05. The van der Waals surface area contributed by atoms with Crippen LogP contribution in [0.4, 0.5) is 11.4 Å². The predicted molar refractivity (Wildman–Crippen MR) is 109 cm³/mol. The minimum atomic E-state index is -0.234. The van der Waals surface area contributed by atoms with Crippen LogP contribution < -0.4 is 15.5 Å². The number of aromatic nitrogens is 3. The second kappa shape index (κ2) is 6.82. The minimum Gasteiger partial charge on any atom is -0.324 e. The van der Waals surface area contributed by atoms with Crippen LogP contribution in [0.2, 0.25) is 0 Å². The molecule has 0 saturated heterocycles. The molecule has 146 valence electrons. The fourth-order valence-electron chi connectivity index (χ4n) is 4.32. The quantitative estimate of drug-likeness (QED) is 0.661. The highest BCUT2D eigenvalue weighted by atomic mass is 16.2. The van der Waals surface area contributed by atoms with E-state index in [1.807, 2.05) is 24.3 Å². The molecule has 2 amide bonds. The normalized spacial score (nSPS) is 14.8. The van der Waals surface area contributed by atoms with E-state index >= 15 is 0 Å². The standard InChI is InChI=1S/C21H20N6O2/c22-11-19-23-20(25-24-19)21(29)27-10-8-16-14(4-2-6-18(16)27)13-3-1-5-17-15(13)7-9-26(17)12-28/h1-6,12H,7-11,22H2,(H,23,24,25). The molecule has 1 aromatic heterocycles. The number of rotatable bonds is 4. The summed E-state index contributed by atoms with van der Waals surface area (Å²) in [5.41, 5.74) is 12.0. The summed E-state index contributed by atoms with van der Waals surface area (Å²) in [6.07, 6.45) is 2.47. The molecule has 29 heavy (non-hydrogen) atoms. The summed E-state index contributed by atoms with van der Waals surface area (Å²) in [6, 6.07) is 12.1. The second-order valence-electron chi connectivity index (χ2n) is 7.17. The van der Waals surface area contributed by atoms with Gasteiger partial charge >= 0.3 is 0 Å². The SMILES string of the molecule is NCc1nc(C(=O)N2CCc3c(-c4cccc5c4CCN5C=O)cccc32)n[nH]1. The van der Waals surface area contributed by atoms with E-state index in [1.54, 1.807) is 9.80 Å². The number of carbonyl (C=O) groups excluding carboxylic acids is 2. The molecule has 8 nitrogen and oxygen atoms in total. The van der Waals surface area contributed by atoms with Crippen LogP contribution in [0.25, 0.3) is 11.1 Å². The Morgan fingerprint density at radius 2 is 1.76 bits per heavy atom. The fourth-order valence-corrected chi connectivity index (χ4v) is 4.32. The Balaban J connectivity index is 1.55. The van der Waals surface area contributed by atoms with Crippen molar-refractivity contribution in [3.05, 3.63) is 59.2 Å². The molecule has 2 aliphatic heterocycles. The number of benzene rings is 2. The molecule has 0 spiro atoms. The van der Waals surface area contributed by atoms with Crippen molar-refractivity contribution in [2.45, 2.75) is 19.4 Å². The van der Waals surface area contributed by atoms with Gasteiger partial charge in [0.25, 0.3) is 5.91 Å². The summed E-state index contributed by atoms with van der Waals surface area (Å²) in [7, 11) is 0. The van der Waals surface area contributed by atoms with Gasteiger partial charge in [0.05, 0.1) is 6.54 Å². The number of hydrogen-bond donors (Lipinski definition) is 2. The van der Waals surface area contributed by atoms with Gasteiger partial charge in [-0.25, -0.2) is 4.98 Å².